The smallest absolute Gasteiger partial charge is 0.123 e. The minimum Gasteiger partial charge on any atom is -0.307 e. The number of thiazole rings is 1. The quantitative estimate of drug-likeness (QED) is 0.918. The third-order valence-corrected chi connectivity index (χ3v) is 4.03. The van der Waals surface area contributed by atoms with E-state index in [1.807, 2.05) is 6.07 Å². The van der Waals surface area contributed by atoms with Crippen LogP contribution in [0.4, 0.5) is 4.39 Å². The van der Waals surface area contributed by atoms with E-state index >= 15 is 0 Å². The van der Waals surface area contributed by atoms with Crippen LogP contribution in [0.25, 0.3) is 0 Å². The lowest BCUT2D eigenvalue weighted by atomic mass is 9.98. The Labute approximate surface area is 117 Å². The molecule has 19 heavy (non-hydrogen) atoms. The van der Waals surface area contributed by atoms with E-state index in [1.165, 1.54) is 6.07 Å². The van der Waals surface area contributed by atoms with Crippen molar-refractivity contribution in [2.75, 3.05) is 0 Å². The molecule has 0 aliphatic rings. The normalized spacial score (nSPS) is 11.8. The molecule has 2 aromatic rings. The maximum atomic E-state index is 13.0. The minimum atomic E-state index is -0.192. The van der Waals surface area contributed by atoms with E-state index in [2.05, 4.69) is 36.5 Å². The Morgan fingerprint density at radius 1 is 1.26 bits per heavy atom. The lowest BCUT2D eigenvalue weighted by molar-refractivity contribution is 0.579. The summed E-state index contributed by atoms with van der Waals surface area (Å²) in [6.45, 7) is 7.85. The Balaban J connectivity index is 1.88. The summed E-state index contributed by atoms with van der Waals surface area (Å²) in [5.41, 5.74) is 2.10. The summed E-state index contributed by atoms with van der Waals surface area (Å²) in [5, 5.41) is 6.52. The summed E-state index contributed by atoms with van der Waals surface area (Å²) >= 11 is 1.69. The minimum absolute atomic E-state index is 0.103. The van der Waals surface area contributed by atoms with Crippen molar-refractivity contribution in [1.29, 1.82) is 0 Å². The summed E-state index contributed by atoms with van der Waals surface area (Å²) in [5.74, 6) is -0.192. The molecule has 1 aromatic carbocycles. The van der Waals surface area contributed by atoms with E-state index in [0.717, 1.165) is 16.3 Å². The monoisotopic (exact) mass is 278 g/mol. The van der Waals surface area contributed by atoms with Gasteiger partial charge in [0.2, 0.25) is 0 Å². The van der Waals surface area contributed by atoms with Crippen molar-refractivity contribution in [3.05, 3.63) is 51.7 Å². The number of aromatic nitrogens is 1. The standard InChI is InChI=1S/C15H19FN2S/c1-15(2,3)14-18-13(10-19-14)9-17-8-11-5-4-6-12(16)7-11/h4-7,10,17H,8-9H2,1-3H3. The molecule has 2 rings (SSSR count). The highest BCUT2D eigenvalue weighted by Crippen LogP contribution is 2.25. The molecule has 4 heteroatoms. The fourth-order valence-electron chi connectivity index (χ4n) is 1.71. The van der Waals surface area contributed by atoms with Gasteiger partial charge in [-0.05, 0) is 17.7 Å². The highest BCUT2D eigenvalue weighted by atomic mass is 32.1. The third kappa shape index (κ3) is 4.11. The topological polar surface area (TPSA) is 24.9 Å². The van der Waals surface area contributed by atoms with Gasteiger partial charge >= 0.3 is 0 Å². The zero-order valence-electron chi connectivity index (χ0n) is 11.5. The highest BCUT2D eigenvalue weighted by Gasteiger charge is 2.17. The van der Waals surface area contributed by atoms with Crippen LogP contribution in [0.5, 0.6) is 0 Å². The Kier molecular flexibility index (Phi) is 4.32. The van der Waals surface area contributed by atoms with Gasteiger partial charge in [-0.2, -0.15) is 0 Å². The molecule has 102 valence electrons. The fourth-order valence-corrected chi connectivity index (χ4v) is 2.62. The summed E-state index contributed by atoms with van der Waals surface area (Å²) < 4.78 is 13.0. The lowest BCUT2D eigenvalue weighted by Crippen LogP contribution is -2.14. The molecular weight excluding hydrogens is 259 g/mol. The van der Waals surface area contributed by atoms with Gasteiger partial charge in [-0.3, -0.25) is 0 Å². The molecule has 1 aromatic heterocycles. The zero-order chi connectivity index (χ0) is 13.9. The largest absolute Gasteiger partial charge is 0.307 e. The number of nitrogens with zero attached hydrogens (tertiary/aromatic N) is 1. The number of benzene rings is 1. The van der Waals surface area contributed by atoms with Crippen molar-refractivity contribution in [2.24, 2.45) is 0 Å². The average molecular weight is 278 g/mol. The molecule has 0 atom stereocenters. The predicted molar refractivity (Wildman–Crippen MR) is 77.8 cm³/mol. The zero-order valence-corrected chi connectivity index (χ0v) is 12.4. The van der Waals surface area contributed by atoms with Gasteiger partial charge in [0.1, 0.15) is 5.82 Å². The van der Waals surface area contributed by atoms with Crippen molar-refractivity contribution in [3.8, 4) is 0 Å². The summed E-state index contributed by atoms with van der Waals surface area (Å²) in [4.78, 5) is 4.61. The Morgan fingerprint density at radius 2 is 2.05 bits per heavy atom. The van der Waals surface area contributed by atoms with Crippen molar-refractivity contribution >= 4 is 11.3 Å². The van der Waals surface area contributed by atoms with Crippen LogP contribution < -0.4 is 5.32 Å². The molecule has 0 saturated heterocycles. The van der Waals surface area contributed by atoms with Crippen LogP contribution in [0.15, 0.2) is 29.6 Å². The molecule has 0 fully saturated rings. The SMILES string of the molecule is CC(C)(C)c1nc(CNCc2cccc(F)c2)cs1. The van der Waals surface area contributed by atoms with Gasteiger partial charge in [0, 0.05) is 23.9 Å². The molecule has 0 amide bonds. The third-order valence-electron chi connectivity index (χ3n) is 2.72. The molecule has 0 unspecified atom stereocenters. The second kappa shape index (κ2) is 5.80. The van der Waals surface area contributed by atoms with Gasteiger partial charge in [-0.1, -0.05) is 32.9 Å². The highest BCUT2D eigenvalue weighted by molar-refractivity contribution is 7.09. The lowest BCUT2D eigenvalue weighted by Gasteiger charge is -2.13. The second-order valence-electron chi connectivity index (χ2n) is 5.63. The Morgan fingerprint density at radius 3 is 2.68 bits per heavy atom. The number of hydrogen-bond acceptors (Lipinski definition) is 3. The molecule has 0 radical (unpaired) electrons. The van der Waals surface area contributed by atoms with Gasteiger partial charge in [0.25, 0.3) is 0 Å². The second-order valence-corrected chi connectivity index (χ2v) is 6.49. The first kappa shape index (κ1) is 14.2. The maximum absolute atomic E-state index is 13.0. The maximum Gasteiger partial charge on any atom is 0.123 e. The summed E-state index contributed by atoms with van der Waals surface area (Å²) in [6, 6.07) is 6.65. The van der Waals surface area contributed by atoms with Crippen LogP contribution in [0.3, 0.4) is 0 Å². The van der Waals surface area contributed by atoms with E-state index < -0.39 is 0 Å². The first-order valence-electron chi connectivity index (χ1n) is 6.35. The van der Waals surface area contributed by atoms with E-state index in [0.29, 0.717) is 13.1 Å². The number of nitrogens with one attached hydrogen (secondary N) is 1. The van der Waals surface area contributed by atoms with E-state index in [4.69, 9.17) is 0 Å². The van der Waals surface area contributed by atoms with Crippen LogP contribution in [-0.2, 0) is 18.5 Å². The van der Waals surface area contributed by atoms with Gasteiger partial charge in [0.15, 0.2) is 0 Å². The molecule has 0 bridgehead atoms. The predicted octanol–water partition coefficient (Wildman–Crippen LogP) is 3.87. The van der Waals surface area contributed by atoms with Crippen LogP contribution in [0.1, 0.15) is 37.0 Å². The average Bonchev–Trinajstić information content (AvgIpc) is 2.77. The Hall–Kier alpha value is -1.26. The molecule has 2 nitrogen and oxygen atoms in total. The van der Waals surface area contributed by atoms with Crippen molar-refractivity contribution in [2.45, 2.75) is 39.3 Å². The fraction of sp³-hybridized carbons (Fsp3) is 0.400. The molecule has 0 aliphatic carbocycles. The van der Waals surface area contributed by atoms with Gasteiger partial charge in [-0.25, -0.2) is 9.37 Å². The molecule has 0 spiro atoms. The van der Waals surface area contributed by atoms with Crippen LogP contribution in [-0.4, -0.2) is 4.98 Å². The van der Waals surface area contributed by atoms with Crippen molar-refractivity contribution in [1.82, 2.24) is 10.3 Å². The molecule has 1 heterocycles. The molecular formula is C15H19FN2S. The summed E-state index contributed by atoms with van der Waals surface area (Å²) in [7, 11) is 0. The van der Waals surface area contributed by atoms with Crippen LogP contribution in [0, 0.1) is 5.82 Å². The van der Waals surface area contributed by atoms with Gasteiger partial charge in [0.05, 0.1) is 10.7 Å². The van der Waals surface area contributed by atoms with Crippen LogP contribution >= 0.6 is 11.3 Å². The van der Waals surface area contributed by atoms with Gasteiger partial charge in [-0.15, -0.1) is 11.3 Å². The molecule has 0 saturated carbocycles. The van der Waals surface area contributed by atoms with E-state index in [9.17, 15) is 4.39 Å². The van der Waals surface area contributed by atoms with Gasteiger partial charge < -0.3 is 5.32 Å². The van der Waals surface area contributed by atoms with E-state index in [1.54, 1.807) is 23.5 Å². The Bertz CT molecular complexity index is 543. The van der Waals surface area contributed by atoms with Crippen molar-refractivity contribution in [3.63, 3.8) is 0 Å². The summed E-state index contributed by atoms with van der Waals surface area (Å²) in [6.07, 6.45) is 0. The number of rotatable bonds is 4. The first-order chi connectivity index (χ1) is 8.95. The number of hydrogen-bond donors (Lipinski definition) is 1. The van der Waals surface area contributed by atoms with Crippen molar-refractivity contribution < 1.29 is 4.39 Å². The molecule has 1 N–H and O–H groups in total. The first-order valence-corrected chi connectivity index (χ1v) is 7.23. The number of halogens is 1. The van der Waals surface area contributed by atoms with E-state index in [-0.39, 0.29) is 11.2 Å². The molecule has 0 aliphatic heterocycles. The van der Waals surface area contributed by atoms with Crippen LogP contribution in [0.2, 0.25) is 0 Å².